The first-order chi connectivity index (χ1) is 10.5. The molecule has 22 heavy (non-hydrogen) atoms. The molecule has 7 heteroatoms. The van der Waals surface area contributed by atoms with Crippen molar-refractivity contribution in [3.05, 3.63) is 54.0 Å². The molecule has 1 atom stereocenters. The number of hydrogen-bond acceptors (Lipinski definition) is 3. The van der Waals surface area contributed by atoms with E-state index in [-0.39, 0.29) is 11.7 Å². The van der Waals surface area contributed by atoms with Crippen LogP contribution in [-0.4, -0.2) is 17.9 Å². The highest BCUT2D eigenvalue weighted by Gasteiger charge is 2.17. The maximum absolute atomic E-state index is 13.0. The largest absolute Gasteiger partial charge is 0.469 e. The van der Waals surface area contributed by atoms with Gasteiger partial charge in [-0.3, -0.25) is 9.59 Å². The number of anilines is 1. The van der Waals surface area contributed by atoms with E-state index in [9.17, 15) is 18.4 Å². The Bertz CT molecular complexity index is 671. The fraction of sp³-hybridized carbons (Fsp3) is 0.200. The molecule has 0 aliphatic rings. The third-order valence-electron chi connectivity index (χ3n) is 2.85. The fourth-order valence-electron chi connectivity index (χ4n) is 1.83. The zero-order valence-electron chi connectivity index (χ0n) is 11.7. The second kappa shape index (κ2) is 6.84. The van der Waals surface area contributed by atoms with Gasteiger partial charge < -0.3 is 15.1 Å². The molecule has 0 saturated carbocycles. The van der Waals surface area contributed by atoms with Gasteiger partial charge in [0.05, 0.1) is 6.26 Å². The summed E-state index contributed by atoms with van der Waals surface area (Å²) in [7, 11) is 0. The Morgan fingerprint density at radius 1 is 1.18 bits per heavy atom. The van der Waals surface area contributed by atoms with Crippen LogP contribution in [-0.2, 0) is 16.0 Å². The molecule has 0 fully saturated rings. The Balaban J connectivity index is 1.88. The lowest BCUT2D eigenvalue weighted by Gasteiger charge is -2.12. The van der Waals surface area contributed by atoms with Crippen molar-refractivity contribution in [2.75, 3.05) is 5.32 Å². The quantitative estimate of drug-likeness (QED) is 0.851. The van der Waals surface area contributed by atoms with Gasteiger partial charge >= 0.3 is 11.8 Å². The topological polar surface area (TPSA) is 71.3 Å². The van der Waals surface area contributed by atoms with E-state index in [2.05, 4.69) is 10.6 Å². The number of furan rings is 1. The lowest BCUT2D eigenvalue weighted by Crippen LogP contribution is -2.41. The van der Waals surface area contributed by atoms with Crippen molar-refractivity contribution < 1.29 is 22.8 Å². The van der Waals surface area contributed by atoms with E-state index in [1.807, 2.05) is 0 Å². The zero-order chi connectivity index (χ0) is 16.1. The Hall–Kier alpha value is -2.70. The summed E-state index contributed by atoms with van der Waals surface area (Å²) in [6, 6.07) is 5.98. The molecule has 0 aliphatic carbocycles. The molecule has 2 amide bonds. The van der Waals surface area contributed by atoms with Crippen molar-refractivity contribution in [1.29, 1.82) is 0 Å². The smallest absolute Gasteiger partial charge is 0.313 e. The third kappa shape index (κ3) is 4.15. The van der Waals surface area contributed by atoms with Crippen LogP contribution in [0.15, 0.2) is 41.0 Å². The maximum atomic E-state index is 13.0. The number of amides is 2. The maximum Gasteiger partial charge on any atom is 0.313 e. The lowest BCUT2D eigenvalue weighted by molar-refractivity contribution is -0.136. The number of halogens is 2. The van der Waals surface area contributed by atoms with Crippen molar-refractivity contribution in [2.24, 2.45) is 0 Å². The molecule has 0 bridgehead atoms. The summed E-state index contributed by atoms with van der Waals surface area (Å²) in [6.45, 7) is 1.71. The number of hydrogen-bond donors (Lipinski definition) is 2. The van der Waals surface area contributed by atoms with Crippen LogP contribution in [0.1, 0.15) is 12.7 Å². The molecule has 2 aromatic rings. The van der Waals surface area contributed by atoms with Gasteiger partial charge in [-0.2, -0.15) is 0 Å². The predicted octanol–water partition coefficient (Wildman–Crippen LogP) is 2.24. The summed E-state index contributed by atoms with van der Waals surface area (Å²) in [5.74, 6) is -3.30. The highest BCUT2D eigenvalue weighted by Crippen LogP contribution is 2.13. The van der Waals surface area contributed by atoms with E-state index in [1.165, 1.54) is 6.26 Å². The minimum atomic E-state index is -1.11. The molecule has 0 aliphatic heterocycles. The predicted molar refractivity (Wildman–Crippen MR) is 75.0 cm³/mol. The van der Waals surface area contributed by atoms with Crippen LogP contribution in [0.4, 0.5) is 14.5 Å². The van der Waals surface area contributed by atoms with Gasteiger partial charge in [-0.05, 0) is 31.2 Å². The highest BCUT2D eigenvalue weighted by atomic mass is 19.2. The van der Waals surface area contributed by atoms with Crippen molar-refractivity contribution in [3.8, 4) is 0 Å². The molecule has 0 saturated heterocycles. The summed E-state index contributed by atoms with van der Waals surface area (Å²) < 4.78 is 30.9. The summed E-state index contributed by atoms with van der Waals surface area (Å²) in [6.07, 6.45) is 1.94. The number of rotatable bonds is 4. The Labute approximate surface area is 125 Å². The van der Waals surface area contributed by atoms with Crippen molar-refractivity contribution >= 4 is 17.5 Å². The SMILES string of the molecule is CC(Cc1ccco1)NC(=O)C(=O)Nc1ccc(F)c(F)c1. The Morgan fingerprint density at radius 2 is 1.95 bits per heavy atom. The van der Waals surface area contributed by atoms with E-state index in [1.54, 1.807) is 19.1 Å². The van der Waals surface area contributed by atoms with Gasteiger partial charge in [-0.15, -0.1) is 0 Å². The van der Waals surface area contributed by atoms with Gasteiger partial charge in [0.25, 0.3) is 0 Å². The molecular weight excluding hydrogens is 294 g/mol. The average molecular weight is 308 g/mol. The minimum Gasteiger partial charge on any atom is -0.469 e. The summed E-state index contributed by atoms with van der Waals surface area (Å²) in [5, 5.41) is 4.68. The van der Waals surface area contributed by atoms with Gasteiger partial charge in [-0.25, -0.2) is 8.78 Å². The van der Waals surface area contributed by atoms with Gasteiger partial charge in [-0.1, -0.05) is 0 Å². The highest BCUT2D eigenvalue weighted by molar-refractivity contribution is 6.39. The van der Waals surface area contributed by atoms with Crippen LogP contribution in [0.3, 0.4) is 0 Å². The third-order valence-corrected chi connectivity index (χ3v) is 2.85. The van der Waals surface area contributed by atoms with Crippen LogP contribution in [0, 0.1) is 11.6 Å². The first kappa shape index (κ1) is 15.7. The van der Waals surface area contributed by atoms with Crippen molar-refractivity contribution in [1.82, 2.24) is 5.32 Å². The van der Waals surface area contributed by atoms with Crippen molar-refractivity contribution in [2.45, 2.75) is 19.4 Å². The Morgan fingerprint density at radius 3 is 2.59 bits per heavy atom. The number of benzene rings is 1. The lowest BCUT2D eigenvalue weighted by atomic mass is 10.2. The molecule has 5 nitrogen and oxygen atoms in total. The van der Waals surface area contributed by atoms with Crippen LogP contribution in [0.5, 0.6) is 0 Å². The van der Waals surface area contributed by atoms with E-state index < -0.39 is 23.4 Å². The molecule has 1 aromatic heterocycles. The van der Waals surface area contributed by atoms with E-state index in [4.69, 9.17) is 4.42 Å². The normalized spacial score (nSPS) is 11.8. The average Bonchev–Trinajstić information content (AvgIpc) is 2.95. The zero-order valence-corrected chi connectivity index (χ0v) is 11.7. The summed E-state index contributed by atoms with van der Waals surface area (Å²) >= 11 is 0. The molecule has 1 unspecified atom stereocenters. The Kier molecular flexibility index (Phi) is 4.88. The number of carbonyl (C=O) groups is 2. The molecule has 0 spiro atoms. The second-order valence-electron chi connectivity index (χ2n) is 4.74. The summed E-state index contributed by atoms with van der Waals surface area (Å²) in [5.41, 5.74) is -0.00209. The summed E-state index contributed by atoms with van der Waals surface area (Å²) in [4.78, 5) is 23.4. The van der Waals surface area contributed by atoms with Gasteiger partial charge in [0.1, 0.15) is 5.76 Å². The molecule has 116 valence electrons. The van der Waals surface area contributed by atoms with Crippen LogP contribution in [0.25, 0.3) is 0 Å². The van der Waals surface area contributed by atoms with Crippen LogP contribution in [0.2, 0.25) is 0 Å². The number of nitrogens with one attached hydrogen (secondary N) is 2. The van der Waals surface area contributed by atoms with Crippen LogP contribution < -0.4 is 10.6 Å². The van der Waals surface area contributed by atoms with Gasteiger partial charge in [0.15, 0.2) is 11.6 Å². The van der Waals surface area contributed by atoms with E-state index in [0.717, 1.165) is 18.2 Å². The van der Waals surface area contributed by atoms with E-state index >= 15 is 0 Å². The molecular formula is C15H14F2N2O3. The van der Waals surface area contributed by atoms with Gasteiger partial charge in [0.2, 0.25) is 0 Å². The molecule has 2 N–H and O–H groups in total. The minimum absolute atomic E-state index is 0.00209. The second-order valence-corrected chi connectivity index (χ2v) is 4.74. The fourth-order valence-corrected chi connectivity index (χ4v) is 1.83. The monoisotopic (exact) mass is 308 g/mol. The van der Waals surface area contributed by atoms with Gasteiger partial charge in [0, 0.05) is 24.2 Å². The van der Waals surface area contributed by atoms with E-state index in [0.29, 0.717) is 12.2 Å². The number of carbonyl (C=O) groups excluding carboxylic acids is 2. The standard InChI is InChI=1S/C15H14F2N2O3/c1-9(7-11-3-2-6-22-11)18-14(20)15(21)19-10-4-5-12(16)13(17)8-10/h2-6,8-9H,7H2,1H3,(H,18,20)(H,19,21). The molecule has 0 radical (unpaired) electrons. The van der Waals surface area contributed by atoms with Crippen molar-refractivity contribution in [3.63, 3.8) is 0 Å². The van der Waals surface area contributed by atoms with Crippen LogP contribution >= 0.6 is 0 Å². The first-order valence-electron chi connectivity index (χ1n) is 6.55. The molecule has 2 rings (SSSR count). The molecule has 1 aromatic carbocycles. The first-order valence-corrected chi connectivity index (χ1v) is 6.55. The molecule has 1 heterocycles.